The van der Waals surface area contributed by atoms with E-state index < -0.39 is 11.8 Å². The second-order valence-electron chi connectivity index (χ2n) is 4.80. The van der Waals surface area contributed by atoms with Crippen molar-refractivity contribution in [2.45, 2.75) is 39.4 Å². The summed E-state index contributed by atoms with van der Waals surface area (Å²) >= 11 is 12.5. The Balaban J connectivity index is 2.55. The lowest BCUT2D eigenvalue weighted by molar-refractivity contribution is -0.165. The van der Waals surface area contributed by atoms with E-state index in [1.165, 1.54) is 0 Å². The number of rotatable bonds is 5. The highest BCUT2D eigenvalue weighted by Gasteiger charge is 2.44. The monoisotopic (exact) mass is 344 g/mol. The molecule has 0 aromatic heterocycles. The van der Waals surface area contributed by atoms with Crippen LogP contribution in [0.3, 0.4) is 0 Å². The number of halogens is 2. The van der Waals surface area contributed by atoms with Gasteiger partial charge in [-0.2, -0.15) is 0 Å². The van der Waals surface area contributed by atoms with Gasteiger partial charge in [-0.3, -0.25) is 0 Å². The van der Waals surface area contributed by atoms with E-state index in [0.717, 1.165) is 0 Å². The van der Waals surface area contributed by atoms with Crippen LogP contribution in [-0.4, -0.2) is 18.4 Å². The Morgan fingerprint density at radius 2 is 1.73 bits per heavy atom. The summed E-state index contributed by atoms with van der Waals surface area (Å²) in [6, 6.07) is 5.08. The molecule has 1 aromatic carbocycles. The molecule has 2 rings (SSSR count). The molecule has 1 aliphatic heterocycles. The minimum Gasteiger partial charge on any atom is -0.460 e. The zero-order valence-electron chi connectivity index (χ0n) is 12.7. The average Bonchev–Trinajstić information content (AvgIpc) is 2.88. The highest BCUT2D eigenvalue weighted by Crippen LogP contribution is 2.44. The van der Waals surface area contributed by atoms with Crippen LogP contribution in [0.4, 0.5) is 0 Å². The SMILES string of the molecule is CCOC(=O)C1=C(c2c(Cl)cccc2Cl)OC(CC)(CC)O1. The zero-order chi connectivity index (χ0) is 16.3. The Labute approximate surface area is 139 Å². The zero-order valence-corrected chi connectivity index (χ0v) is 14.3. The summed E-state index contributed by atoms with van der Waals surface area (Å²) in [5, 5.41) is 0.770. The molecule has 1 aromatic rings. The summed E-state index contributed by atoms with van der Waals surface area (Å²) in [4.78, 5) is 12.2. The summed E-state index contributed by atoms with van der Waals surface area (Å²) < 4.78 is 16.8. The molecule has 0 amide bonds. The van der Waals surface area contributed by atoms with Crippen molar-refractivity contribution in [1.82, 2.24) is 0 Å². The predicted octanol–water partition coefficient (Wildman–Crippen LogP) is 4.79. The smallest absolute Gasteiger partial charge is 0.377 e. The van der Waals surface area contributed by atoms with E-state index in [4.69, 9.17) is 37.4 Å². The molecule has 0 bridgehead atoms. The molecule has 0 spiro atoms. The number of hydrogen-bond donors (Lipinski definition) is 0. The Morgan fingerprint density at radius 3 is 2.23 bits per heavy atom. The highest BCUT2D eigenvalue weighted by molar-refractivity contribution is 6.37. The van der Waals surface area contributed by atoms with Crippen molar-refractivity contribution in [3.8, 4) is 0 Å². The standard InChI is InChI=1S/C16H18Cl2O4/c1-4-16(5-2)21-13(14(22-16)15(19)20-6-3)12-10(17)8-7-9-11(12)18/h7-9H,4-6H2,1-3H3. The lowest BCUT2D eigenvalue weighted by atomic mass is 10.1. The fourth-order valence-corrected chi connectivity index (χ4v) is 2.80. The Morgan fingerprint density at radius 1 is 1.14 bits per heavy atom. The first-order valence-corrected chi connectivity index (χ1v) is 7.97. The normalized spacial score (nSPS) is 16.2. The molecule has 0 saturated carbocycles. The van der Waals surface area contributed by atoms with Crippen LogP contribution in [0.5, 0.6) is 0 Å². The van der Waals surface area contributed by atoms with Crippen LogP contribution in [0, 0.1) is 0 Å². The summed E-state index contributed by atoms with van der Waals surface area (Å²) in [6.07, 6.45) is 1.13. The van der Waals surface area contributed by atoms with Crippen LogP contribution in [0.25, 0.3) is 5.76 Å². The van der Waals surface area contributed by atoms with Gasteiger partial charge in [0.1, 0.15) is 0 Å². The van der Waals surface area contributed by atoms with Crippen molar-refractivity contribution in [2.24, 2.45) is 0 Å². The summed E-state index contributed by atoms with van der Waals surface area (Å²) in [6.45, 7) is 5.80. The molecule has 1 heterocycles. The molecule has 120 valence electrons. The minimum atomic E-state index is -0.903. The quantitative estimate of drug-likeness (QED) is 0.720. The Kier molecular flexibility index (Phi) is 5.24. The molecule has 4 nitrogen and oxygen atoms in total. The van der Waals surface area contributed by atoms with Gasteiger partial charge in [-0.1, -0.05) is 43.1 Å². The van der Waals surface area contributed by atoms with Crippen molar-refractivity contribution in [2.75, 3.05) is 6.61 Å². The van der Waals surface area contributed by atoms with Crippen LogP contribution >= 0.6 is 23.2 Å². The molecule has 1 aliphatic rings. The molecule has 0 saturated heterocycles. The van der Waals surface area contributed by atoms with Crippen molar-refractivity contribution in [1.29, 1.82) is 0 Å². The second kappa shape index (κ2) is 6.80. The first kappa shape index (κ1) is 17.0. The van der Waals surface area contributed by atoms with E-state index in [2.05, 4.69) is 0 Å². The van der Waals surface area contributed by atoms with Gasteiger partial charge in [0.2, 0.25) is 0 Å². The van der Waals surface area contributed by atoms with Gasteiger partial charge < -0.3 is 14.2 Å². The third kappa shape index (κ3) is 3.03. The second-order valence-corrected chi connectivity index (χ2v) is 5.61. The van der Waals surface area contributed by atoms with Crippen LogP contribution in [-0.2, 0) is 19.0 Å². The van der Waals surface area contributed by atoms with Crippen LogP contribution < -0.4 is 0 Å². The maximum atomic E-state index is 12.2. The molecule has 0 N–H and O–H groups in total. The fourth-order valence-electron chi connectivity index (χ4n) is 2.23. The Hall–Kier alpha value is -1.39. The molecule has 22 heavy (non-hydrogen) atoms. The van der Waals surface area contributed by atoms with Crippen molar-refractivity contribution < 1.29 is 19.0 Å². The van der Waals surface area contributed by atoms with Crippen LogP contribution in [0.2, 0.25) is 10.0 Å². The van der Waals surface area contributed by atoms with Gasteiger partial charge in [-0.15, -0.1) is 0 Å². The number of carbonyl (C=O) groups excluding carboxylic acids is 1. The van der Waals surface area contributed by atoms with E-state index in [-0.39, 0.29) is 18.1 Å². The molecule has 0 aliphatic carbocycles. The summed E-state index contributed by atoms with van der Waals surface area (Å²) in [5.74, 6) is -1.24. The number of hydrogen-bond acceptors (Lipinski definition) is 4. The molecular weight excluding hydrogens is 327 g/mol. The van der Waals surface area contributed by atoms with E-state index in [1.807, 2.05) is 13.8 Å². The van der Waals surface area contributed by atoms with E-state index in [1.54, 1.807) is 25.1 Å². The largest absolute Gasteiger partial charge is 0.460 e. The molecule has 0 fully saturated rings. The summed E-state index contributed by atoms with van der Waals surface area (Å²) in [5.41, 5.74) is 0.442. The molecule has 0 unspecified atom stereocenters. The van der Waals surface area contributed by atoms with E-state index in [0.29, 0.717) is 28.5 Å². The van der Waals surface area contributed by atoms with Gasteiger partial charge >= 0.3 is 5.97 Å². The van der Waals surface area contributed by atoms with Gasteiger partial charge in [-0.05, 0) is 19.1 Å². The van der Waals surface area contributed by atoms with Crippen molar-refractivity contribution in [3.05, 3.63) is 39.6 Å². The molecule has 0 radical (unpaired) electrons. The van der Waals surface area contributed by atoms with Gasteiger partial charge in [-0.25, -0.2) is 4.79 Å². The first-order valence-electron chi connectivity index (χ1n) is 7.21. The van der Waals surface area contributed by atoms with Crippen molar-refractivity contribution in [3.63, 3.8) is 0 Å². The third-order valence-corrected chi connectivity index (χ3v) is 4.14. The lowest BCUT2D eigenvalue weighted by Gasteiger charge is -2.26. The average molecular weight is 345 g/mol. The molecular formula is C16H18Cl2O4. The van der Waals surface area contributed by atoms with Crippen molar-refractivity contribution >= 4 is 34.9 Å². The number of benzene rings is 1. The highest BCUT2D eigenvalue weighted by atomic mass is 35.5. The van der Waals surface area contributed by atoms with Gasteiger partial charge in [0.25, 0.3) is 11.5 Å². The number of esters is 1. The lowest BCUT2D eigenvalue weighted by Crippen LogP contribution is -2.29. The van der Waals surface area contributed by atoms with E-state index in [9.17, 15) is 4.79 Å². The maximum absolute atomic E-state index is 12.2. The van der Waals surface area contributed by atoms with Gasteiger partial charge in [0.05, 0.1) is 22.2 Å². The maximum Gasteiger partial charge on any atom is 0.377 e. The van der Waals surface area contributed by atoms with Crippen LogP contribution in [0.1, 0.15) is 39.2 Å². The van der Waals surface area contributed by atoms with E-state index >= 15 is 0 Å². The van der Waals surface area contributed by atoms with Gasteiger partial charge in [0, 0.05) is 12.8 Å². The Bertz CT molecular complexity index is 586. The van der Waals surface area contributed by atoms with Crippen LogP contribution in [0.15, 0.2) is 24.0 Å². The van der Waals surface area contributed by atoms with Gasteiger partial charge in [0.15, 0.2) is 5.76 Å². The third-order valence-electron chi connectivity index (χ3n) is 3.51. The summed E-state index contributed by atoms with van der Waals surface area (Å²) in [7, 11) is 0. The predicted molar refractivity (Wildman–Crippen MR) is 85.5 cm³/mol. The first-order chi connectivity index (χ1) is 10.5. The fraction of sp³-hybridized carbons (Fsp3) is 0.438. The number of ether oxygens (including phenoxy) is 3. The molecule has 6 heteroatoms. The number of carbonyl (C=O) groups is 1. The minimum absolute atomic E-state index is 0.0144. The topological polar surface area (TPSA) is 44.8 Å². The molecule has 0 atom stereocenters.